The fourth-order valence-electron chi connectivity index (χ4n) is 3.04. The number of hydrogen-bond donors (Lipinski definition) is 2. The van der Waals surface area contributed by atoms with Gasteiger partial charge in [0, 0.05) is 4.47 Å². The van der Waals surface area contributed by atoms with Gasteiger partial charge < -0.3 is 14.9 Å². The standard InChI is InChI=1S/C21H24BrFO4/c1-13(9-19(24)21(25)26)7-8-14-11-18(23)20(27-2)12-16(14)10-15-5-3-4-6-17(15)22/h3-6,11-13,19,24H,7-10H2,1-2H3,(H,25,26). The van der Waals surface area contributed by atoms with Crippen molar-refractivity contribution in [1.82, 2.24) is 0 Å². The first kappa shape index (κ1) is 21.4. The molecule has 0 aliphatic rings. The number of carboxylic acid groups (broad SMARTS) is 1. The van der Waals surface area contributed by atoms with Gasteiger partial charge in [-0.3, -0.25) is 0 Å². The van der Waals surface area contributed by atoms with Gasteiger partial charge in [0.15, 0.2) is 17.7 Å². The van der Waals surface area contributed by atoms with Gasteiger partial charge in [0.05, 0.1) is 7.11 Å². The van der Waals surface area contributed by atoms with Crippen molar-refractivity contribution >= 4 is 21.9 Å². The van der Waals surface area contributed by atoms with Crippen molar-refractivity contribution < 1.29 is 24.1 Å². The first-order chi connectivity index (χ1) is 12.8. The molecule has 0 saturated carbocycles. The van der Waals surface area contributed by atoms with Crippen LogP contribution in [0.1, 0.15) is 36.5 Å². The Morgan fingerprint density at radius 3 is 2.56 bits per heavy atom. The molecule has 4 nitrogen and oxygen atoms in total. The lowest BCUT2D eigenvalue weighted by atomic mass is 9.91. The summed E-state index contributed by atoms with van der Waals surface area (Å²) in [7, 11) is 1.44. The monoisotopic (exact) mass is 438 g/mol. The first-order valence-corrected chi connectivity index (χ1v) is 9.60. The summed E-state index contributed by atoms with van der Waals surface area (Å²) in [6.45, 7) is 1.89. The molecular formula is C21H24BrFO4. The number of hydrogen-bond acceptors (Lipinski definition) is 3. The summed E-state index contributed by atoms with van der Waals surface area (Å²) in [6.07, 6.45) is 0.674. The summed E-state index contributed by atoms with van der Waals surface area (Å²) >= 11 is 3.54. The van der Waals surface area contributed by atoms with Crippen LogP contribution in [0.5, 0.6) is 5.75 Å². The summed E-state index contributed by atoms with van der Waals surface area (Å²) in [5.41, 5.74) is 2.91. The molecule has 27 heavy (non-hydrogen) atoms. The molecule has 2 N–H and O–H groups in total. The number of aliphatic hydroxyl groups excluding tert-OH is 1. The van der Waals surface area contributed by atoms with Gasteiger partial charge in [-0.2, -0.15) is 0 Å². The third-order valence-corrected chi connectivity index (χ3v) is 5.40. The van der Waals surface area contributed by atoms with Crippen LogP contribution in [0.25, 0.3) is 0 Å². The van der Waals surface area contributed by atoms with E-state index >= 15 is 0 Å². The van der Waals surface area contributed by atoms with Crippen LogP contribution in [0.4, 0.5) is 4.39 Å². The number of carbonyl (C=O) groups is 1. The average Bonchev–Trinajstić information content (AvgIpc) is 2.63. The zero-order valence-corrected chi connectivity index (χ0v) is 17.0. The second-order valence-electron chi connectivity index (χ2n) is 6.76. The van der Waals surface area contributed by atoms with Crippen molar-refractivity contribution in [3.05, 3.63) is 63.4 Å². The van der Waals surface area contributed by atoms with E-state index in [1.54, 1.807) is 6.07 Å². The Morgan fingerprint density at radius 2 is 1.93 bits per heavy atom. The van der Waals surface area contributed by atoms with Gasteiger partial charge >= 0.3 is 5.97 Å². The Bertz CT molecular complexity index is 794. The Balaban J connectivity index is 2.20. The number of aliphatic hydroxyl groups is 1. The van der Waals surface area contributed by atoms with E-state index in [0.29, 0.717) is 19.3 Å². The molecule has 0 fully saturated rings. The van der Waals surface area contributed by atoms with Crippen LogP contribution in [-0.4, -0.2) is 29.4 Å². The van der Waals surface area contributed by atoms with E-state index < -0.39 is 17.9 Å². The number of halogens is 2. The Hall–Kier alpha value is -1.92. The molecule has 0 aromatic heterocycles. The maximum Gasteiger partial charge on any atom is 0.332 e. The highest BCUT2D eigenvalue weighted by Gasteiger charge is 2.18. The summed E-state index contributed by atoms with van der Waals surface area (Å²) < 4.78 is 20.3. The van der Waals surface area contributed by atoms with Gasteiger partial charge in [-0.05, 0) is 66.5 Å². The van der Waals surface area contributed by atoms with E-state index in [4.69, 9.17) is 9.84 Å². The molecule has 0 aliphatic heterocycles. The molecule has 0 amide bonds. The van der Waals surface area contributed by atoms with E-state index in [2.05, 4.69) is 15.9 Å². The molecular weight excluding hydrogens is 415 g/mol. The third-order valence-electron chi connectivity index (χ3n) is 4.63. The van der Waals surface area contributed by atoms with Crippen LogP contribution in [0.15, 0.2) is 40.9 Å². The first-order valence-electron chi connectivity index (χ1n) is 8.81. The van der Waals surface area contributed by atoms with Crippen LogP contribution < -0.4 is 4.74 Å². The van der Waals surface area contributed by atoms with Crippen LogP contribution in [0.2, 0.25) is 0 Å². The zero-order chi connectivity index (χ0) is 20.0. The molecule has 146 valence electrons. The average molecular weight is 439 g/mol. The molecule has 0 bridgehead atoms. The minimum Gasteiger partial charge on any atom is -0.494 e. The number of benzene rings is 2. The minimum absolute atomic E-state index is 0.00225. The lowest BCUT2D eigenvalue weighted by Crippen LogP contribution is -2.22. The van der Waals surface area contributed by atoms with Gasteiger partial charge in [-0.1, -0.05) is 41.1 Å². The van der Waals surface area contributed by atoms with Crippen molar-refractivity contribution in [2.45, 2.75) is 38.7 Å². The molecule has 0 spiro atoms. The van der Waals surface area contributed by atoms with E-state index in [1.807, 2.05) is 31.2 Å². The highest BCUT2D eigenvalue weighted by molar-refractivity contribution is 9.10. The fourth-order valence-corrected chi connectivity index (χ4v) is 3.46. The number of ether oxygens (including phenoxy) is 1. The zero-order valence-electron chi connectivity index (χ0n) is 15.4. The maximum absolute atomic E-state index is 14.2. The van der Waals surface area contributed by atoms with Crippen molar-refractivity contribution in [3.8, 4) is 5.75 Å². The van der Waals surface area contributed by atoms with E-state index in [-0.39, 0.29) is 18.1 Å². The summed E-state index contributed by atoms with van der Waals surface area (Å²) in [5.74, 6) is -1.43. The number of methoxy groups -OCH3 is 1. The van der Waals surface area contributed by atoms with Crippen molar-refractivity contribution in [3.63, 3.8) is 0 Å². The number of aryl methyl sites for hydroxylation is 1. The molecule has 0 aliphatic carbocycles. The topological polar surface area (TPSA) is 66.8 Å². The molecule has 2 aromatic rings. The molecule has 0 heterocycles. The lowest BCUT2D eigenvalue weighted by Gasteiger charge is -2.17. The highest BCUT2D eigenvalue weighted by Crippen LogP contribution is 2.28. The molecule has 2 atom stereocenters. The van der Waals surface area contributed by atoms with Crippen molar-refractivity contribution in [2.75, 3.05) is 7.11 Å². The number of rotatable bonds is 9. The smallest absolute Gasteiger partial charge is 0.332 e. The van der Waals surface area contributed by atoms with E-state index in [1.165, 1.54) is 13.2 Å². The lowest BCUT2D eigenvalue weighted by molar-refractivity contribution is -0.147. The quantitative estimate of drug-likeness (QED) is 0.600. The predicted molar refractivity (Wildman–Crippen MR) is 106 cm³/mol. The van der Waals surface area contributed by atoms with Crippen LogP contribution in [0.3, 0.4) is 0 Å². The minimum atomic E-state index is -1.37. The maximum atomic E-state index is 14.2. The van der Waals surface area contributed by atoms with Gasteiger partial charge in [-0.25, -0.2) is 9.18 Å². The Morgan fingerprint density at radius 1 is 1.22 bits per heavy atom. The normalized spacial score (nSPS) is 13.2. The van der Waals surface area contributed by atoms with Gasteiger partial charge in [0.25, 0.3) is 0 Å². The number of carboxylic acids is 1. The third kappa shape index (κ3) is 6.04. The Labute approximate surface area is 167 Å². The molecule has 2 rings (SSSR count). The molecule has 0 saturated heterocycles. The largest absolute Gasteiger partial charge is 0.494 e. The van der Waals surface area contributed by atoms with Gasteiger partial charge in [0.2, 0.25) is 0 Å². The SMILES string of the molecule is COc1cc(Cc2ccccc2Br)c(CCC(C)CC(O)C(=O)O)cc1F. The van der Waals surface area contributed by atoms with Crippen LogP contribution >= 0.6 is 15.9 Å². The van der Waals surface area contributed by atoms with Gasteiger partial charge in [0.1, 0.15) is 0 Å². The number of aliphatic carboxylic acids is 1. The van der Waals surface area contributed by atoms with Crippen molar-refractivity contribution in [1.29, 1.82) is 0 Å². The van der Waals surface area contributed by atoms with E-state index in [0.717, 1.165) is 21.2 Å². The second kappa shape index (κ2) is 9.85. The summed E-state index contributed by atoms with van der Waals surface area (Å²) in [5, 5.41) is 18.3. The molecule has 0 radical (unpaired) electrons. The summed E-state index contributed by atoms with van der Waals surface area (Å²) in [6, 6.07) is 11.1. The van der Waals surface area contributed by atoms with Crippen LogP contribution in [-0.2, 0) is 17.6 Å². The predicted octanol–water partition coefficient (Wildman–Crippen LogP) is 4.59. The van der Waals surface area contributed by atoms with Crippen molar-refractivity contribution in [2.24, 2.45) is 5.92 Å². The fraction of sp³-hybridized carbons (Fsp3) is 0.381. The summed E-state index contributed by atoms with van der Waals surface area (Å²) in [4.78, 5) is 10.8. The van der Waals surface area contributed by atoms with Crippen LogP contribution in [0, 0.1) is 11.7 Å². The Kier molecular flexibility index (Phi) is 7.80. The van der Waals surface area contributed by atoms with E-state index in [9.17, 15) is 14.3 Å². The molecule has 6 heteroatoms. The molecule has 2 aromatic carbocycles. The highest BCUT2D eigenvalue weighted by atomic mass is 79.9. The second-order valence-corrected chi connectivity index (χ2v) is 7.61. The molecule has 2 unspecified atom stereocenters. The van der Waals surface area contributed by atoms with Gasteiger partial charge in [-0.15, -0.1) is 0 Å².